The predicted octanol–water partition coefficient (Wildman–Crippen LogP) is 5.12. The summed E-state index contributed by atoms with van der Waals surface area (Å²) < 4.78 is 24.0. The van der Waals surface area contributed by atoms with Crippen LogP contribution in [0.2, 0.25) is 0 Å². The molecule has 0 aromatic heterocycles. The van der Waals surface area contributed by atoms with E-state index in [9.17, 15) is 14.0 Å². The molecule has 0 spiro atoms. The smallest absolute Gasteiger partial charge is 0.308 e. The number of esters is 1. The first-order valence-corrected chi connectivity index (χ1v) is 12.4. The van der Waals surface area contributed by atoms with Crippen LogP contribution in [0.3, 0.4) is 0 Å². The van der Waals surface area contributed by atoms with E-state index in [0.29, 0.717) is 25.3 Å². The maximum Gasteiger partial charge on any atom is 0.308 e. The quantitative estimate of drug-likeness (QED) is 0.248. The average molecular weight is 487 g/mol. The Kier molecular flexibility index (Phi) is 13.5. The average Bonchev–Trinajstić information content (AvgIpc) is 2.82. The summed E-state index contributed by atoms with van der Waals surface area (Å²) in [4.78, 5) is 26.6. The van der Waals surface area contributed by atoms with Crippen LogP contribution in [0.5, 0.6) is 5.75 Å². The van der Waals surface area contributed by atoms with Crippen molar-refractivity contribution < 1.29 is 23.5 Å². The molecule has 1 unspecified atom stereocenters. The van der Waals surface area contributed by atoms with Crippen molar-refractivity contribution in [1.29, 1.82) is 0 Å². The molecule has 1 N–H and O–H groups in total. The number of unbranched alkanes of at least 4 members (excludes halogenated alkanes) is 5. The van der Waals surface area contributed by atoms with Gasteiger partial charge in [-0.05, 0) is 44.6 Å². The van der Waals surface area contributed by atoms with Gasteiger partial charge in [0, 0.05) is 19.0 Å². The van der Waals surface area contributed by atoms with Crippen molar-refractivity contribution in [2.24, 2.45) is 0 Å². The van der Waals surface area contributed by atoms with Crippen molar-refractivity contribution >= 4 is 11.9 Å². The van der Waals surface area contributed by atoms with Gasteiger partial charge in [-0.1, -0.05) is 62.1 Å². The van der Waals surface area contributed by atoms with E-state index in [1.54, 1.807) is 12.1 Å². The minimum absolute atomic E-state index is 0.0313. The van der Waals surface area contributed by atoms with Gasteiger partial charge in [0.05, 0.1) is 19.1 Å². The number of nitrogens with zero attached hydrogens (tertiary/aromatic N) is 1. The minimum Gasteiger partial charge on any atom is -0.493 e. The normalized spacial score (nSPS) is 11.8. The largest absolute Gasteiger partial charge is 0.493 e. The highest BCUT2D eigenvalue weighted by Crippen LogP contribution is 2.13. The topological polar surface area (TPSA) is 67.9 Å². The lowest BCUT2D eigenvalue weighted by Gasteiger charge is -2.22. The van der Waals surface area contributed by atoms with Gasteiger partial charge < -0.3 is 19.7 Å². The Morgan fingerprint density at radius 1 is 0.943 bits per heavy atom. The fraction of sp³-hybridized carbons (Fsp3) is 0.500. The summed E-state index contributed by atoms with van der Waals surface area (Å²) in [5, 5.41) is 2.99. The van der Waals surface area contributed by atoms with Crippen LogP contribution in [0.25, 0.3) is 0 Å². The monoisotopic (exact) mass is 486 g/mol. The number of rotatable bonds is 17. The number of benzene rings is 2. The summed E-state index contributed by atoms with van der Waals surface area (Å²) in [6.45, 7) is 1.38. The SMILES string of the molecule is CN(C)CC(CC(=O)OCc1ccccc1)NC(=O)CCCCCCCCOc1cccc(F)c1. The molecule has 0 saturated heterocycles. The van der Waals surface area contributed by atoms with Gasteiger partial charge in [-0.15, -0.1) is 0 Å². The van der Waals surface area contributed by atoms with E-state index in [1.807, 2.05) is 49.3 Å². The van der Waals surface area contributed by atoms with Crippen molar-refractivity contribution in [2.45, 2.75) is 64.0 Å². The molecule has 2 rings (SSSR count). The Bertz CT molecular complexity index is 876. The molecule has 0 heterocycles. The number of nitrogens with one attached hydrogen (secondary N) is 1. The summed E-state index contributed by atoms with van der Waals surface area (Å²) in [6, 6.07) is 15.5. The van der Waals surface area contributed by atoms with Crippen molar-refractivity contribution in [3.8, 4) is 5.75 Å². The van der Waals surface area contributed by atoms with Crippen LogP contribution in [-0.2, 0) is 20.9 Å². The highest BCUT2D eigenvalue weighted by Gasteiger charge is 2.18. The molecule has 1 amide bonds. The highest BCUT2D eigenvalue weighted by molar-refractivity contribution is 5.77. The minimum atomic E-state index is -0.317. The van der Waals surface area contributed by atoms with Crippen molar-refractivity contribution in [3.63, 3.8) is 0 Å². The van der Waals surface area contributed by atoms with Gasteiger partial charge in [0.1, 0.15) is 18.2 Å². The number of halogens is 1. The molecule has 1 atom stereocenters. The first-order chi connectivity index (χ1) is 16.9. The van der Waals surface area contributed by atoms with E-state index >= 15 is 0 Å². The number of carbonyl (C=O) groups is 2. The van der Waals surface area contributed by atoms with Crippen LogP contribution < -0.4 is 10.1 Å². The lowest BCUT2D eigenvalue weighted by molar-refractivity contribution is -0.145. The molecule has 0 aliphatic rings. The van der Waals surface area contributed by atoms with Gasteiger partial charge in [-0.3, -0.25) is 9.59 Å². The summed E-state index contributed by atoms with van der Waals surface area (Å²) in [7, 11) is 3.83. The summed E-state index contributed by atoms with van der Waals surface area (Å²) in [5.74, 6) is -0.0748. The molecule has 2 aromatic carbocycles. The Labute approximate surface area is 208 Å². The highest BCUT2D eigenvalue weighted by atomic mass is 19.1. The Hall–Kier alpha value is -2.93. The molecule has 6 nitrogen and oxygen atoms in total. The molecule has 0 aliphatic carbocycles. The van der Waals surface area contributed by atoms with E-state index in [-0.39, 0.29) is 36.8 Å². The molecular weight excluding hydrogens is 447 g/mol. The van der Waals surface area contributed by atoms with E-state index in [0.717, 1.165) is 44.1 Å². The van der Waals surface area contributed by atoms with E-state index in [2.05, 4.69) is 5.32 Å². The van der Waals surface area contributed by atoms with Gasteiger partial charge in [0.2, 0.25) is 5.91 Å². The first-order valence-electron chi connectivity index (χ1n) is 12.4. The second-order valence-corrected chi connectivity index (χ2v) is 9.05. The molecule has 192 valence electrons. The first kappa shape index (κ1) is 28.3. The summed E-state index contributed by atoms with van der Waals surface area (Å²) in [6.07, 6.45) is 6.49. The number of ether oxygens (including phenoxy) is 2. The molecule has 0 fully saturated rings. The second-order valence-electron chi connectivity index (χ2n) is 9.05. The Balaban J connectivity index is 1.55. The maximum absolute atomic E-state index is 13.1. The van der Waals surface area contributed by atoms with Crippen LogP contribution in [0, 0.1) is 5.82 Å². The predicted molar refractivity (Wildman–Crippen MR) is 136 cm³/mol. The molecular formula is C28H39FN2O4. The molecule has 35 heavy (non-hydrogen) atoms. The van der Waals surface area contributed by atoms with Crippen molar-refractivity contribution in [2.75, 3.05) is 27.2 Å². The van der Waals surface area contributed by atoms with Gasteiger partial charge in [-0.2, -0.15) is 0 Å². The number of hydrogen-bond acceptors (Lipinski definition) is 5. The summed E-state index contributed by atoms with van der Waals surface area (Å²) in [5.41, 5.74) is 0.938. The number of likely N-dealkylation sites (N-methyl/N-ethyl adjacent to an activating group) is 1. The Morgan fingerprint density at radius 2 is 1.66 bits per heavy atom. The molecule has 0 bridgehead atoms. The van der Waals surface area contributed by atoms with E-state index in [4.69, 9.17) is 9.47 Å². The zero-order valence-electron chi connectivity index (χ0n) is 21.0. The third-order valence-corrected chi connectivity index (χ3v) is 5.47. The van der Waals surface area contributed by atoms with Crippen LogP contribution in [0.15, 0.2) is 54.6 Å². The van der Waals surface area contributed by atoms with Gasteiger partial charge in [0.15, 0.2) is 0 Å². The number of hydrogen-bond donors (Lipinski definition) is 1. The van der Waals surface area contributed by atoms with Crippen LogP contribution >= 0.6 is 0 Å². The second kappa shape index (κ2) is 16.7. The fourth-order valence-electron chi connectivity index (χ4n) is 3.74. The molecule has 0 radical (unpaired) electrons. The lowest BCUT2D eigenvalue weighted by Crippen LogP contribution is -2.43. The number of carbonyl (C=O) groups excluding carboxylic acids is 2. The molecule has 0 saturated carbocycles. The van der Waals surface area contributed by atoms with Gasteiger partial charge in [0.25, 0.3) is 0 Å². The summed E-state index contributed by atoms with van der Waals surface area (Å²) >= 11 is 0. The van der Waals surface area contributed by atoms with Gasteiger partial charge in [-0.25, -0.2) is 4.39 Å². The van der Waals surface area contributed by atoms with Crippen LogP contribution in [-0.4, -0.2) is 50.1 Å². The van der Waals surface area contributed by atoms with Crippen molar-refractivity contribution in [1.82, 2.24) is 10.2 Å². The Morgan fingerprint density at radius 3 is 2.37 bits per heavy atom. The zero-order valence-corrected chi connectivity index (χ0v) is 21.0. The third-order valence-electron chi connectivity index (χ3n) is 5.47. The maximum atomic E-state index is 13.1. The fourth-order valence-corrected chi connectivity index (χ4v) is 3.74. The molecule has 2 aromatic rings. The zero-order chi connectivity index (χ0) is 25.3. The molecule has 7 heteroatoms. The van der Waals surface area contributed by atoms with Crippen molar-refractivity contribution in [3.05, 3.63) is 66.0 Å². The van der Waals surface area contributed by atoms with E-state index < -0.39 is 0 Å². The van der Waals surface area contributed by atoms with E-state index in [1.165, 1.54) is 12.1 Å². The standard InChI is InChI=1S/C28H39FN2O4/c1-31(2)21-25(20-28(33)35-22-23-13-8-7-9-14-23)30-27(32)17-10-5-3-4-6-11-18-34-26-16-12-15-24(29)19-26/h7-9,12-16,19,25H,3-6,10-11,17-18,20-22H2,1-2H3,(H,30,32). The van der Waals surface area contributed by atoms with Crippen LogP contribution in [0.4, 0.5) is 4.39 Å². The number of amides is 1. The third kappa shape index (κ3) is 13.5. The van der Waals surface area contributed by atoms with Gasteiger partial charge >= 0.3 is 5.97 Å². The molecule has 0 aliphatic heterocycles. The lowest BCUT2D eigenvalue weighted by atomic mass is 10.1. The van der Waals surface area contributed by atoms with Crippen LogP contribution in [0.1, 0.15) is 56.9 Å².